The lowest BCUT2D eigenvalue weighted by Crippen LogP contribution is -2.55. The Balaban J connectivity index is 0.000000370. The molecule has 0 saturated carbocycles. The summed E-state index contributed by atoms with van der Waals surface area (Å²) in [5.41, 5.74) is 0. The lowest BCUT2D eigenvalue weighted by atomic mass is 8.64. The summed E-state index contributed by atoms with van der Waals surface area (Å²) in [5, 5.41) is 0. The third kappa shape index (κ3) is 7.52. The van der Waals surface area contributed by atoms with E-state index in [0.717, 1.165) is 17.9 Å². The quantitative estimate of drug-likeness (QED) is 0.564. The second-order valence-electron chi connectivity index (χ2n) is 6.31. The molecular weight excluding hydrogens is 231 g/mol. The molecule has 0 spiro atoms. The topological polar surface area (TPSA) is 3.24 Å². The molecule has 1 unspecified atom stereocenters. The van der Waals surface area contributed by atoms with Gasteiger partial charge in [-0.05, 0) is 38.6 Å². The van der Waals surface area contributed by atoms with E-state index >= 15 is 0 Å². The summed E-state index contributed by atoms with van der Waals surface area (Å²) >= 11 is 0. The molecule has 0 amide bonds. The molecule has 0 aliphatic carbocycles. The number of hydrogen-bond donors (Lipinski definition) is 0. The zero-order valence-electron chi connectivity index (χ0n) is 13.5. The molecule has 20 heavy (non-hydrogen) atoms. The minimum Gasteiger partial charge on any atom is -0.301 e. The summed E-state index contributed by atoms with van der Waals surface area (Å²) < 4.78 is 0. The van der Waals surface area contributed by atoms with Crippen LogP contribution in [0.3, 0.4) is 0 Å². The SMILES string of the molecule is CC(C)C1CCN(C(C)C)C1.[B][B]B(B([B])[B])B([B])[B]. The number of hydrogen-bond acceptors (Lipinski definition) is 1. The highest BCUT2D eigenvalue weighted by molar-refractivity contribution is 7.93. The minimum atomic E-state index is -0.574. The monoisotopic (exact) mass is 254 g/mol. The molecular formula is C10H21B9N. The highest BCUT2D eigenvalue weighted by Gasteiger charge is 2.25. The number of nitrogens with zero attached hydrogens (tertiary/aromatic N) is 1. The molecule has 1 aliphatic heterocycles. The van der Waals surface area contributed by atoms with Crippen LogP contribution in [-0.4, -0.2) is 88.9 Å². The molecule has 0 bridgehead atoms. The van der Waals surface area contributed by atoms with Crippen molar-refractivity contribution in [1.29, 1.82) is 0 Å². The fraction of sp³-hybridized carbons (Fsp3) is 1.00. The Morgan fingerprint density at radius 1 is 1.05 bits per heavy atom. The molecule has 1 heterocycles. The molecule has 0 aromatic rings. The molecule has 1 rings (SSSR count). The third-order valence-corrected chi connectivity index (χ3v) is 4.04. The van der Waals surface area contributed by atoms with Crippen LogP contribution >= 0.6 is 0 Å². The highest BCUT2D eigenvalue weighted by Crippen LogP contribution is 2.24. The lowest BCUT2D eigenvalue weighted by molar-refractivity contribution is 0.253. The van der Waals surface area contributed by atoms with Gasteiger partial charge in [0.1, 0.15) is 0 Å². The van der Waals surface area contributed by atoms with Crippen molar-refractivity contribution in [3.8, 4) is 0 Å². The van der Waals surface area contributed by atoms with Gasteiger partial charge in [0, 0.05) is 77.5 Å². The van der Waals surface area contributed by atoms with Crippen LogP contribution in [0, 0.1) is 11.8 Å². The summed E-state index contributed by atoms with van der Waals surface area (Å²) in [4.78, 5) is 2.59. The maximum absolute atomic E-state index is 5.25. The summed E-state index contributed by atoms with van der Waals surface area (Å²) in [7, 11) is 27.5. The fourth-order valence-electron chi connectivity index (χ4n) is 2.34. The van der Waals surface area contributed by atoms with Crippen molar-refractivity contribution in [1.82, 2.24) is 4.90 Å². The normalized spacial score (nSPS) is 18.6. The zero-order chi connectivity index (χ0) is 15.9. The van der Waals surface area contributed by atoms with Gasteiger partial charge in [0.05, 0.1) is 0 Å². The van der Waals surface area contributed by atoms with Gasteiger partial charge in [0.2, 0.25) is 0 Å². The van der Waals surface area contributed by atoms with Crippen molar-refractivity contribution in [2.75, 3.05) is 13.1 Å². The van der Waals surface area contributed by atoms with Crippen LogP contribution in [0.15, 0.2) is 0 Å². The van der Waals surface area contributed by atoms with Crippen LogP contribution in [0.4, 0.5) is 0 Å². The van der Waals surface area contributed by atoms with Gasteiger partial charge < -0.3 is 4.90 Å². The fourth-order valence-corrected chi connectivity index (χ4v) is 2.34. The van der Waals surface area contributed by atoms with Crippen molar-refractivity contribution >= 4 is 64.9 Å². The smallest absolute Gasteiger partial charge is 0.00387 e. The Hall–Kier alpha value is 0.544. The average Bonchev–Trinajstić information content (AvgIpc) is 2.78. The van der Waals surface area contributed by atoms with Crippen LogP contribution in [-0.2, 0) is 0 Å². The average molecular weight is 253 g/mol. The Bertz CT molecular complexity index is 227. The maximum atomic E-state index is 5.25. The number of rotatable bonds is 5. The second-order valence-corrected chi connectivity index (χ2v) is 6.31. The maximum Gasteiger partial charge on any atom is 0.00387 e. The molecule has 11 radical (unpaired) electrons. The van der Waals surface area contributed by atoms with Crippen LogP contribution in [0.5, 0.6) is 0 Å². The van der Waals surface area contributed by atoms with Crippen molar-refractivity contribution in [2.24, 2.45) is 11.8 Å². The van der Waals surface area contributed by atoms with E-state index in [1.807, 2.05) is 0 Å². The molecule has 0 aromatic heterocycles. The van der Waals surface area contributed by atoms with E-state index in [2.05, 4.69) is 32.6 Å². The molecule has 10 heteroatoms. The van der Waals surface area contributed by atoms with Crippen LogP contribution in [0.2, 0.25) is 0 Å². The van der Waals surface area contributed by atoms with E-state index in [1.165, 1.54) is 26.6 Å². The predicted molar refractivity (Wildman–Crippen MR) is 101 cm³/mol. The molecule has 1 nitrogen and oxygen atoms in total. The Morgan fingerprint density at radius 2 is 1.55 bits per heavy atom. The van der Waals surface area contributed by atoms with E-state index in [4.69, 9.17) is 38.7 Å². The Morgan fingerprint density at radius 3 is 1.70 bits per heavy atom. The third-order valence-electron chi connectivity index (χ3n) is 4.04. The zero-order valence-corrected chi connectivity index (χ0v) is 13.5. The lowest BCUT2D eigenvalue weighted by Gasteiger charge is -2.21. The van der Waals surface area contributed by atoms with Gasteiger partial charge >= 0.3 is 0 Å². The largest absolute Gasteiger partial charge is 0.301 e. The summed E-state index contributed by atoms with van der Waals surface area (Å²) in [6, 6.07) is 0.749. The van der Waals surface area contributed by atoms with Gasteiger partial charge in [-0.3, -0.25) is 0 Å². The van der Waals surface area contributed by atoms with E-state index in [1.54, 1.807) is 0 Å². The van der Waals surface area contributed by atoms with Crippen molar-refractivity contribution in [2.45, 2.75) is 40.2 Å². The molecule has 0 N–H and O–H groups in total. The van der Waals surface area contributed by atoms with Crippen LogP contribution in [0.25, 0.3) is 0 Å². The first-order chi connectivity index (χ1) is 9.20. The van der Waals surface area contributed by atoms with E-state index in [-0.39, 0.29) is 6.39 Å². The van der Waals surface area contributed by atoms with Gasteiger partial charge in [0.15, 0.2) is 0 Å². The first kappa shape index (κ1) is 20.5. The Kier molecular flexibility index (Phi) is 10.6. The molecule has 1 saturated heterocycles. The summed E-state index contributed by atoms with van der Waals surface area (Å²) in [6.45, 7) is 11.9. The van der Waals surface area contributed by atoms with Crippen molar-refractivity contribution in [3.63, 3.8) is 0 Å². The van der Waals surface area contributed by atoms with E-state index < -0.39 is 12.8 Å². The van der Waals surface area contributed by atoms with Crippen LogP contribution < -0.4 is 0 Å². The highest BCUT2D eigenvalue weighted by atomic mass is 15.2. The molecule has 1 aliphatic rings. The van der Waals surface area contributed by atoms with Crippen molar-refractivity contribution < 1.29 is 0 Å². The first-order valence-corrected chi connectivity index (χ1v) is 7.52. The Labute approximate surface area is 135 Å². The second kappa shape index (κ2) is 10.3. The van der Waals surface area contributed by atoms with Gasteiger partial charge in [-0.1, -0.05) is 13.8 Å². The summed E-state index contributed by atoms with van der Waals surface area (Å²) in [5.74, 6) is 1.83. The van der Waals surface area contributed by atoms with Gasteiger partial charge in [0.25, 0.3) is 0 Å². The van der Waals surface area contributed by atoms with Gasteiger partial charge in [-0.2, -0.15) is 0 Å². The molecule has 93 valence electrons. The van der Waals surface area contributed by atoms with Gasteiger partial charge in [-0.15, -0.1) is 0 Å². The van der Waals surface area contributed by atoms with E-state index in [9.17, 15) is 0 Å². The molecule has 1 atom stereocenters. The standard InChI is InChI=1S/C10H21N.B9/c1-8(2)10-5-6-11(7-10)9(3)4;1-6-9(7(2)3)8(4)5/h8-10H,5-7H2,1-4H3;. The number of likely N-dealkylation sites (tertiary alicyclic amines) is 1. The molecule has 1 fully saturated rings. The minimum absolute atomic E-state index is 0.315. The van der Waals surface area contributed by atoms with Crippen molar-refractivity contribution in [3.05, 3.63) is 0 Å². The first-order valence-electron chi connectivity index (χ1n) is 7.52. The summed E-state index contributed by atoms with van der Waals surface area (Å²) in [6.07, 6.45) is -0.0504. The molecule has 0 aromatic carbocycles. The predicted octanol–water partition coefficient (Wildman–Crippen LogP) is -1.05. The van der Waals surface area contributed by atoms with Crippen LogP contribution in [0.1, 0.15) is 34.1 Å². The van der Waals surface area contributed by atoms with Gasteiger partial charge in [-0.25, -0.2) is 0 Å². The van der Waals surface area contributed by atoms with E-state index in [0.29, 0.717) is 0 Å².